The second kappa shape index (κ2) is 5.07. The van der Waals surface area contributed by atoms with Gasteiger partial charge < -0.3 is 0 Å². The van der Waals surface area contributed by atoms with E-state index in [9.17, 15) is 9.59 Å². The zero-order chi connectivity index (χ0) is 9.72. The summed E-state index contributed by atoms with van der Waals surface area (Å²) < 4.78 is 0. The third kappa shape index (κ3) is 5.05. The molecule has 70 valence electrons. The van der Waals surface area contributed by atoms with Crippen LogP contribution in [0, 0.1) is 11.8 Å². The molecule has 0 spiro atoms. The van der Waals surface area contributed by atoms with Gasteiger partial charge in [0.05, 0.1) is 0 Å². The average Bonchev–Trinajstić information content (AvgIpc) is 1.84. The molecule has 0 saturated heterocycles. The molecule has 0 heterocycles. The highest BCUT2D eigenvalue weighted by Crippen LogP contribution is 2.06. The summed E-state index contributed by atoms with van der Waals surface area (Å²) in [4.78, 5) is 22.3. The van der Waals surface area contributed by atoms with Crippen molar-refractivity contribution in [2.45, 2.75) is 40.5 Å². The largest absolute Gasteiger partial charge is 0.291 e. The van der Waals surface area contributed by atoms with E-state index in [2.05, 4.69) is 0 Å². The molecule has 12 heavy (non-hydrogen) atoms. The van der Waals surface area contributed by atoms with Gasteiger partial charge in [-0.2, -0.15) is 0 Å². The molecule has 0 amide bonds. The van der Waals surface area contributed by atoms with E-state index < -0.39 is 0 Å². The monoisotopic (exact) mass is 170 g/mol. The lowest BCUT2D eigenvalue weighted by Gasteiger charge is -2.04. The number of rotatable bonds is 5. The summed E-state index contributed by atoms with van der Waals surface area (Å²) in [6.07, 6.45) is 0.789. The number of ketones is 2. The van der Waals surface area contributed by atoms with E-state index in [1.54, 1.807) is 0 Å². The maximum atomic E-state index is 11.1. The van der Waals surface area contributed by atoms with Gasteiger partial charge in [-0.3, -0.25) is 9.59 Å². The van der Waals surface area contributed by atoms with Gasteiger partial charge in [-0.15, -0.1) is 0 Å². The summed E-state index contributed by atoms with van der Waals surface area (Å²) in [5.41, 5.74) is 0. The van der Waals surface area contributed by atoms with Gasteiger partial charge in [-0.25, -0.2) is 0 Å². The first-order valence-corrected chi connectivity index (χ1v) is 4.49. The average molecular weight is 170 g/mol. The van der Waals surface area contributed by atoms with Gasteiger partial charge in [0.1, 0.15) is 0 Å². The van der Waals surface area contributed by atoms with Crippen molar-refractivity contribution in [3.05, 3.63) is 0 Å². The van der Waals surface area contributed by atoms with Crippen LogP contribution in [0.4, 0.5) is 0 Å². The Hall–Kier alpha value is -0.660. The molecule has 0 saturated carbocycles. The van der Waals surface area contributed by atoms with Crippen LogP contribution in [0.15, 0.2) is 0 Å². The molecule has 0 rings (SSSR count). The predicted molar refractivity (Wildman–Crippen MR) is 48.9 cm³/mol. The minimum atomic E-state index is -0.210. The van der Waals surface area contributed by atoms with Gasteiger partial charge in [0.15, 0.2) is 11.6 Å². The van der Waals surface area contributed by atoms with Gasteiger partial charge in [0.25, 0.3) is 0 Å². The number of carbonyl (C=O) groups is 2. The second-order valence-electron chi connectivity index (χ2n) is 4.04. The molecule has 0 aliphatic carbocycles. The molecule has 2 nitrogen and oxygen atoms in total. The van der Waals surface area contributed by atoms with E-state index in [4.69, 9.17) is 0 Å². The first-order valence-electron chi connectivity index (χ1n) is 4.49. The summed E-state index contributed by atoms with van der Waals surface area (Å²) in [6, 6.07) is 0. The van der Waals surface area contributed by atoms with Gasteiger partial charge in [0, 0.05) is 12.8 Å². The minimum absolute atomic E-state index is 0.210. The Morgan fingerprint density at radius 3 is 1.25 bits per heavy atom. The molecule has 0 aliphatic heterocycles. The molecule has 0 aromatic rings. The fourth-order valence-corrected chi connectivity index (χ4v) is 0.969. The molecular weight excluding hydrogens is 152 g/mol. The lowest BCUT2D eigenvalue weighted by atomic mass is 9.99. The Kier molecular flexibility index (Phi) is 4.79. The number of hydrogen-bond acceptors (Lipinski definition) is 2. The molecule has 0 aliphatic rings. The van der Waals surface area contributed by atoms with E-state index in [-0.39, 0.29) is 23.4 Å². The number of carbonyl (C=O) groups excluding carboxylic acids is 2. The summed E-state index contributed by atoms with van der Waals surface area (Å²) in [7, 11) is 0. The van der Waals surface area contributed by atoms with Crippen molar-refractivity contribution in [2.75, 3.05) is 0 Å². The number of hydrogen-bond donors (Lipinski definition) is 0. The Labute approximate surface area is 74.3 Å². The van der Waals surface area contributed by atoms with Crippen molar-refractivity contribution in [1.29, 1.82) is 0 Å². The van der Waals surface area contributed by atoms with Crippen LogP contribution in [0.3, 0.4) is 0 Å². The minimum Gasteiger partial charge on any atom is -0.291 e. The van der Waals surface area contributed by atoms with Crippen LogP contribution in [-0.4, -0.2) is 11.6 Å². The molecule has 0 bridgehead atoms. The lowest BCUT2D eigenvalue weighted by molar-refractivity contribution is -0.137. The fourth-order valence-electron chi connectivity index (χ4n) is 0.969. The Balaban J connectivity index is 3.86. The van der Waals surface area contributed by atoms with E-state index in [0.29, 0.717) is 12.8 Å². The maximum Gasteiger partial charge on any atom is 0.198 e. The maximum absolute atomic E-state index is 11.1. The van der Waals surface area contributed by atoms with Crippen molar-refractivity contribution < 1.29 is 9.59 Å². The SMILES string of the molecule is CC(C)CC(=O)C(=O)CC(C)C. The molecule has 0 unspecified atom stereocenters. The van der Waals surface area contributed by atoms with Gasteiger partial charge in [-0.05, 0) is 11.8 Å². The van der Waals surface area contributed by atoms with Crippen molar-refractivity contribution in [1.82, 2.24) is 0 Å². The van der Waals surface area contributed by atoms with Crippen molar-refractivity contribution in [2.24, 2.45) is 11.8 Å². The van der Waals surface area contributed by atoms with Crippen LogP contribution < -0.4 is 0 Å². The highest BCUT2D eigenvalue weighted by atomic mass is 16.2. The van der Waals surface area contributed by atoms with E-state index in [1.807, 2.05) is 27.7 Å². The van der Waals surface area contributed by atoms with Gasteiger partial charge >= 0.3 is 0 Å². The third-order valence-corrected chi connectivity index (χ3v) is 1.50. The number of Topliss-reactive ketones (excluding diaryl/α,β-unsaturated/α-hetero) is 2. The van der Waals surface area contributed by atoms with Gasteiger partial charge in [-0.1, -0.05) is 27.7 Å². The standard InChI is InChI=1S/C10H18O2/c1-7(2)5-9(11)10(12)6-8(3)4/h7-8H,5-6H2,1-4H3. The van der Waals surface area contributed by atoms with E-state index in [1.165, 1.54) is 0 Å². The smallest absolute Gasteiger partial charge is 0.198 e. The topological polar surface area (TPSA) is 34.1 Å². The molecular formula is C10H18O2. The molecule has 0 fully saturated rings. The van der Waals surface area contributed by atoms with Crippen LogP contribution in [0.25, 0.3) is 0 Å². The normalized spacial score (nSPS) is 10.8. The zero-order valence-electron chi connectivity index (χ0n) is 8.39. The summed E-state index contributed by atoms with van der Waals surface area (Å²) >= 11 is 0. The van der Waals surface area contributed by atoms with Crippen molar-refractivity contribution in [3.8, 4) is 0 Å². The molecule has 0 radical (unpaired) electrons. The van der Waals surface area contributed by atoms with E-state index >= 15 is 0 Å². The molecule has 0 aromatic carbocycles. The Morgan fingerprint density at radius 2 is 1.08 bits per heavy atom. The zero-order valence-corrected chi connectivity index (χ0v) is 8.39. The molecule has 0 aromatic heterocycles. The van der Waals surface area contributed by atoms with E-state index in [0.717, 1.165) is 0 Å². The quantitative estimate of drug-likeness (QED) is 0.593. The molecule has 2 heteroatoms. The van der Waals surface area contributed by atoms with Crippen LogP contribution in [0.5, 0.6) is 0 Å². The highest BCUT2D eigenvalue weighted by Gasteiger charge is 2.15. The lowest BCUT2D eigenvalue weighted by Crippen LogP contribution is -2.17. The van der Waals surface area contributed by atoms with Crippen LogP contribution in [-0.2, 0) is 9.59 Å². The van der Waals surface area contributed by atoms with Crippen LogP contribution in [0.1, 0.15) is 40.5 Å². The predicted octanol–water partition coefficient (Wildman–Crippen LogP) is 2.22. The first kappa shape index (κ1) is 11.3. The summed E-state index contributed by atoms with van der Waals surface area (Å²) in [6.45, 7) is 7.78. The van der Waals surface area contributed by atoms with Crippen LogP contribution in [0.2, 0.25) is 0 Å². The summed E-state index contributed by atoms with van der Waals surface area (Å²) in [5.74, 6) is 0.152. The fraction of sp³-hybridized carbons (Fsp3) is 0.800. The summed E-state index contributed by atoms with van der Waals surface area (Å²) in [5, 5.41) is 0. The van der Waals surface area contributed by atoms with Gasteiger partial charge in [0.2, 0.25) is 0 Å². The second-order valence-corrected chi connectivity index (χ2v) is 4.04. The Bertz CT molecular complexity index is 149. The molecule has 0 atom stereocenters. The highest BCUT2D eigenvalue weighted by molar-refractivity contribution is 6.37. The first-order chi connectivity index (χ1) is 5.43. The van der Waals surface area contributed by atoms with Crippen molar-refractivity contribution >= 4 is 11.6 Å². The van der Waals surface area contributed by atoms with Crippen LogP contribution >= 0.6 is 0 Å². The molecule has 0 N–H and O–H groups in total. The third-order valence-electron chi connectivity index (χ3n) is 1.50. The Morgan fingerprint density at radius 1 is 0.833 bits per heavy atom. The van der Waals surface area contributed by atoms with Crippen molar-refractivity contribution in [3.63, 3.8) is 0 Å².